The lowest BCUT2D eigenvalue weighted by Crippen LogP contribution is -2.57. The van der Waals surface area contributed by atoms with Gasteiger partial charge in [0.1, 0.15) is 23.3 Å². The number of likely N-dealkylation sites (tertiary alicyclic amines) is 1. The Morgan fingerprint density at radius 1 is 1.00 bits per heavy atom. The molecule has 0 aliphatic carbocycles. The van der Waals surface area contributed by atoms with Gasteiger partial charge in [0.25, 0.3) is 0 Å². The largest absolute Gasteiger partial charge is 0.467 e. The predicted molar refractivity (Wildman–Crippen MR) is 114 cm³/mol. The number of nitrogens with zero attached hydrogens (tertiary/aromatic N) is 2. The van der Waals surface area contributed by atoms with Gasteiger partial charge in [-0.1, -0.05) is 19.8 Å². The van der Waals surface area contributed by atoms with Crippen LogP contribution in [0.1, 0.15) is 80.6 Å². The van der Waals surface area contributed by atoms with Crippen LogP contribution in [0.5, 0.6) is 0 Å². The van der Waals surface area contributed by atoms with Crippen molar-refractivity contribution in [3.63, 3.8) is 0 Å². The third-order valence-corrected chi connectivity index (χ3v) is 4.62. The van der Waals surface area contributed by atoms with Gasteiger partial charge >= 0.3 is 18.2 Å². The third-order valence-electron chi connectivity index (χ3n) is 4.62. The highest BCUT2D eigenvalue weighted by Crippen LogP contribution is 2.25. The van der Waals surface area contributed by atoms with E-state index in [1.807, 2.05) is 6.92 Å². The van der Waals surface area contributed by atoms with Crippen molar-refractivity contribution in [1.29, 1.82) is 0 Å². The van der Waals surface area contributed by atoms with Gasteiger partial charge in [0.15, 0.2) is 0 Å². The lowest BCUT2D eigenvalue weighted by atomic mass is 10.1. The van der Waals surface area contributed by atoms with Gasteiger partial charge in [-0.3, -0.25) is 4.79 Å². The first-order valence-electron chi connectivity index (χ1n) is 10.8. The SMILES string of the molecule is CCCCC(C(=O)N1CCCC1C(=O)OC)N(C(=O)OC(C)(C)C)C(=O)OC(C)(C)C. The second kappa shape index (κ2) is 10.8. The molecule has 9 heteroatoms. The van der Waals surface area contributed by atoms with Gasteiger partial charge < -0.3 is 19.1 Å². The van der Waals surface area contributed by atoms with Gasteiger partial charge in [0.2, 0.25) is 5.91 Å². The molecule has 0 aromatic carbocycles. The molecule has 0 spiro atoms. The number of rotatable bonds is 6. The average Bonchev–Trinajstić information content (AvgIpc) is 3.10. The first-order valence-corrected chi connectivity index (χ1v) is 10.8. The van der Waals surface area contributed by atoms with Gasteiger partial charge in [-0.2, -0.15) is 4.90 Å². The molecule has 9 nitrogen and oxygen atoms in total. The van der Waals surface area contributed by atoms with Gasteiger partial charge in [-0.25, -0.2) is 14.4 Å². The molecule has 1 fully saturated rings. The summed E-state index contributed by atoms with van der Waals surface area (Å²) in [5.41, 5.74) is -1.75. The zero-order chi connectivity index (χ0) is 24.0. The molecular weight excluding hydrogens is 404 g/mol. The van der Waals surface area contributed by atoms with Gasteiger partial charge in [-0.05, 0) is 60.8 Å². The minimum absolute atomic E-state index is 0.234. The third kappa shape index (κ3) is 8.03. The average molecular weight is 443 g/mol. The molecule has 0 N–H and O–H groups in total. The van der Waals surface area contributed by atoms with Crippen molar-refractivity contribution >= 4 is 24.1 Å². The summed E-state index contributed by atoms with van der Waals surface area (Å²) in [7, 11) is 1.27. The van der Waals surface area contributed by atoms with Crippen LogP contribution in [0.15, 0.2) is 0 Å². The minimum Gasteiger partial charge on any atom is -0.467 e. The molecule has 0 aromatic rings. The molecule has 3 amide bonds. The molecule has 1 saturated heterocycles. The maximum Gasteiger partial charge on any atom is 0.420 e. The topological polar surface area (TPSA) is 102 Å². The predicted octanol–water partition coefficient (Wildman–Crippen LogP) is 3.88. The number of amides is 3. The second-order valence-corrected chi connectivity index (χ2v) is 9.70. The number of hydrogen-bond acceptors (Lipinski definition) is 7. The van der Waals surface area contributed by atoms with Crippen molar-refractivity contribution in [2.75, 3.05) is 13.7 Å². The summed E-state index contributed by atoms with van der Waals surface area (Å²) in [6.07, 6.45) is 0.770. The number of carbonyl (C=O) groups excluding carboxylic acids is 4. The molecule has 1 rings (SSSR count). The number of carbonyl (C=O) groups is 4. The molecule has 178 valence electrons. The quantitative estimate of drug-likeness (QED) is 0.454. The van der Waals surface area contributed by atoms with Crippen molar-refractivity contribution in [3.05, 3.63) is 0 Å². The molecular formula is C22H38N2O7. The number of unbranched alkanes of at least 4 members (excludes halogenated alkanes) is 1. The zero-order valence-corrected chi connectivity index (χ0v) is 20.1. The molecule has 0 radical (unpaired) electrons. The molecule has 1 heterocycles. The fourth-order valence-corrected chi connectivity index (χ4v) is 3.31. The van der Waals surface area contributed by atoms with Crippen LogP contribution in [0.3, 0.4) is 0 Å². The van der Waals surface area contributed by atoms with E-state index in [1.54, 1.807) is 41.5 Å². The molecule has 0 aromatic heterocycles. The van der Waals surface area contributed by atoms with Crippen molar-refractivity contribution in [2.45, 2.75) is 104 Å². The number of esters is 1. The minimum atomic E-state index is -1.14. The van der Waals surface area contributed by atoms with Gasteiger partial charge in [-0.15, -0.1) is 0 Å². The van der Waals surface area contributed by atoms with E-state index in [4.69, 9.17) is 14.2 Å². The zero-order valence-electron chi connectivity index (χ0n) is 20.1. The molecule has 0 saturated carbocycles. The Kier molecular flexibility index (Phi) is 9.32. The maximum atomic E-state index is 13.5. The van der Waals surface area contributed by atoms with E-state index < -0.39 is 47.3 Å². The molecule has 2 atom stereocenters. The first-order chi connectivity index (χ1) is 14.2. The van der Waals surface area contributed by atoms with Crippen molar-refractivity contribution in [2.24, 2.45) is 0 Å². The van der Waals surface area contributed by atoms with Crippen LogP contribution in [-0.2, 0) is 23.8 Å². The summed E-state index contributed by atoms with van der Waals surface area (Å²) < 4.78 is 15.7. The molecule has 1 aliphatic heterocycles. The van der Waals surface area contributed by atoms with Crippen LogP contribution in [0.25, 0.3) is 0 Å². The van der Waals surface area contributed by atoms with Crippen molar-refractivity contribution in [1.82, 2.24) is 9.80 Å². The Balaban J connectivity index is 3.35. The lowest BCUT2D eigenvalue weighted by Gasteiger charge is -2.35. The van der Waals surface area contributed by atoms with Crippen LogP contribution >= 0.6 is 0 Å². The Hall–Kier alpha value is -2.32. The normalized spacial score (nSPS) is 17.7. The van der Waals surface area contributed by atoms with E-state index in [-0.39, 0.29) is 6.42 Å². The summed E-state index contributed by atoms with van der Waals surface area (Å²) in [5, 5.41) is 0. The molecule has 1 aliphatic rings. The maximum absolute atomic E-state index is 13.5. The Morgan fingerprint density at radius 3 is 1.94 bits per heavy atom. The van der Waals surface area contributed by atoms with Gasteiger partial charge in [0, 0.05) is 6.54 Å². The van der Waals surface area contributed by atoms with E-state index in [9.17, 15) is 19.2 Å². The van der Waals surface area contributed by atoms with E-state index >= 15 is 0 Å². The number of hydrogen-bond donors (Lipinski definition) is 0. The van der Waals surface area contributed by atoms with Crippen LogP contribution < -0.4 is 0 Å². The van der Waals surface area contributed by atoms with E-state index in [0.717, 1.165) is 11.3 Å². The molecule has 2 unspecified atom stereocenters. The Labute approximate surface area is 185 Å². The number of imide groups is 1. The van der Waals surface area contributed by atoms with E-state index in [1.165, 1.54) is 12.0 Å². The monoisotopic (exact) mass is 442 g/mol. The molecule has 31 heavy (non-hydrogen) atoms. The Bertz CT molecular complexity index is 636. The molecule has 0 bridgehead atoms. The summed E-state index contributed by atoms with van der Waals surface area (Å²) in [6.45, 7) is 12.3. The smallest absolute Gasteiger partial charge is 0.420 e. The highest BCUT2D eigenvalue weighted by molar-refractivity contribution is 5.97. The second-order valence-electron chi connectivity index (χ2n) is 9.70. The fourth-order valence-electron chi connectivity index (χ4n) is 3.31. The van der Waals surface area contributed by atoms with Gasteiger partial charge in [0.05, 0.1) is 7.11 Å². The van der Waals surface area contributed by atoms with Crippen molar-refractivity contribution in [3.8, 4) is 0 Å². The first kappa shape index (κ1) is 26.7. The van der Waals surface area contributed by atoms with Crippen molar-refractivity contribution < 1.29 is 33.4 Å². The fraction of sp³-hybridized carbons (Fsp3) is 0.818. The number of ether oxygens (including phenoxy) is 3. The van der Waals surface area contributed by atoms with E-state index in [2.05, 4.69) is 0 Å². The van der Waals surface area contributed by atoms with E-state index in [0.29, 0.717) is 25.8 Å². The summed E-state index contributed by atoms with van der Waals surface area (Å²) in [4.78, 5) is 53.9. The summed E-state index contributed by atoms with van der Waals surface area (Å²) in [5.74, 6) is -1.00. The summed E-state index contributed by atoms with van der Waals surface area (Å²) in [6, 6.07) is -1.88. The Morgan fingerprint density at radius 2 is 1.52 bits per heavy atom. The summed E-state index contributed by atoms with van der Waals surface area (Å²) >= 11 is 0. The highest BCUT2D eigenvalue weighted by Gasteiger charge is 2.45. The van der Waals surface area contributed by atoms with Crippen LogP contribution in [0, 0.1) is 0 Å². The lowest BCUT2D eigenvalue weighted by molar-refractivity contribution is -0.152. The van der Waals surface area contributed by atoms with Crippen LogP contribution in [0.4, 0.5) is 9.59 Å². The van der Waals surface area contributed by atoms with Crippen LogP contribution in [0.2, 0.25) is 0 Å². The number of methoxy groups -OCH3 is 1. The standard InChI is InChI=1S/C22H38N2O7/c1-9-10-12-15(17(25)23-14-11-13-16(23)18(26)29-8)24(19(27)30-21(2,3)4)20(28)31-22(5,6)7/h15-16H,9-14H2,1-8H3. The highest BCUT2D eigenvalue weighted by atomic mass is 16.6. The van der Waals surface area contributed by atoms with Crippen LogP contribution in [-0.4, -0.2) is 70.8 Å².